The maximum Gasteiger partial charge on any atom is 0.0905 e. The van der Waals surface area contributed by atoms with E-state index in [4.69, 9.17) is 11.0 Å². The molecule has 11 heavy (non-hydrogen) atoms. The fraction of sp³-hybridized carbons (Fsp3) is 0.714. The van der Waals surface area contributed by atoms with Crippen molar-refractivity contribution in [3.8, 4) is 6.07 Å². The lowest BCUT2D eigenvalue weighted by molar-refractivity contribution is 0.764. The highest BCUT2D eigenvalue weighted by atomic mass is 127. The summed E-state index contributed by atoms with van der Waals surface area (Å²) in [5, 5.41) is 8.16. The first-order valence-corrected chi connectivity index (χ1v) is 3.41. The van der Waals surface area contributed by atoms with Gasteiger partial charge in [0, 0.05) is 13.0 Å². The minimum atomic E-state index is 0. The summed E-state index contributed by atoms with van der Waals surface area (Å²) in [6, 6.07) is 2.08. The van der Waals surface area contributed by atoms with Gasteiger partial charge in [-0.2, -0.15) is 5.26 Å². The summed E-state index contributed by atoms with van der Waals surface area (Å²) < 4.78 is 0. The van der Waals surface area contributed by atoms with Gasteiger partial charge in [0.1, 0.15) is 0 Å². The Labute approximate surface area is 84.7 Å². The Morgan fingerprint density at radius 3 is 2.64 bits per heavy atom. The molecule has 0 aliphatic carbocycles. The standard InChI is InChI=1S/C7H13N3.HI/c1-7(9)10-6-4-2-3-5-8;/h2-4,6H2,1H3,(H2,9,10);1H. The molecule has 4 heteroatoms. The number of nitrogens with two attached hydrogens (primary N) is 1. The van der Waals surface area contributed by atoms with E-state index in [2.05, 4.69) is 11.1 Å². The lowest BCUT2D eigenvalue weighted by atomic mass is 10.2. The van der Waals surface area contributed by atoms with Crippen molar-refractivity contribution in [1.29, 1.82) is 5.26 Å². The number of halogens is 1. The molecule has 0 rings (SSSR count). The molecule has 0 aromatic heterocycles. The first-order chi connectivity index (χ1) is 4.77. The largest absolute Gasteiger partial charge is 0.388 e. The zero-order valence-electron chi connectivity index (χ0n) is 6.71. The highest BCUT2D eigenvalue weighted by molar-refractivity contribution is 14.0. The summed E-state index contributed by atoms with van der Waals surface area (Å²) in [5.74, 6) is 0.622. The third-order valence-corrected chi connectivity index (χ3v) is 1.06. The minimum absolute atomic E-state index is 0. The van der Waals surface area contributed by atoms with E-state index in [0.29, 0.717) is 12.3 Å². The Hall–Kier alpha value is -0.310. The van der Waals surface area contributed by atoms with Crippen molar-refractivity contribution < 1.29 is 0 Å². The average Bonchev–Trinajstić information content (AvgIpc) is 1.87. The van der Waals surface area contributed by atoms with Crippen molar-refractivity contribution in [2.75, 3.05) is 6.54 Å². The van der Waals surface area contributed by atoms with Crippen molar-refractivity contribution in [2.45, 2.75) is 26.2 Å². The van der Waals surface area contributed by atoms with Crippen LogP contribution >= 0.6 is 24.0 Å². The number of aliphatic imine (C=N–C) groups is 1. The first kappa shape index (κ1) is 13.3. The molecule has 0 fully saturated rings. The van der Waals surface area contributed by atoms with Crippen molar-refractivity contribution in [3.05, 3.63) is 0 Å². The normalized spacial score (nSPS) is 10.0. The number of rotatable bonds is 4. The van der Waals surface area contributed by atoms with Gasteiger partial charge in [-0.15, -0.1) is 24.0 Å². The van der Waals surface area contributed by atoms with E-state index >= 15 is 0 Å². The molecular weight excluding hydrogens is 253 g/mol. The second-order valence-corrected chi connectivity index (χ2v) is 2.14. The third-order valence-electron chi connectivity index (χ3n) is 1.06. The summed E-state index contributed by atoms with van der Waals surface area (Å²) in [6.07, 6.45) is 2.51. The number of nitrogens with zero attached hydrogens (tertiary/aromatic N) is 2. The van der Waals surface area contributed by atoms with Gasteiger partial charge < -0.3 is 5.73 Å². The predicted molar refractivity (Wildman–Crippen MR) is 57.0 cm³/mol. The second-order valence-electron chi connectivity index (χ2n) is 2.14. The number of nitriles is 1. The van der Waals surface area contributed by atoms with Crippen LogP contribution < -0.4 is 5.73 Å². The molecule has 0 aromatic carbocycles. The summed E-state index contributed by atoms with van der Waals surface area (Å²) >= 11 is 0. The molecule has 0 saturated heterocycles. The van der Waals surface area contributed by atoms with Crippen LogP contribution in [0.25, 0.3) is 0 Å². The van der Waals surface area contributed by atoms with E-state index in [0.717, 1.165) is 19.4 Å². The number of amidine groups is 1. The number of hydrogen-bond acceptors (Lipinski definition) is 2. The molecule has 2 N–H and O–H groups in total. The third kappa shape index (κ3) is 12.8. The van der Waals surface area contributed by atoms with Gasteiger partial charge >= 0.3 is 0 Å². The smallest absolute Gasteiger partial charge is 0.0905 e. The molecule has 0 aliphatic rings. The second kappa shape index (κ2) is 9.69. The fourth-order valence-corrected chi connectivity index (χ4v) is 0.571. The quantitative estimate of drug-likeness (QED) is 0.364. The molecule has 0 saturated carbocycles. The molecule has 0 unspecified atom stereocenters. The Kier molecular flexibility index (Phi) is 11.7. The molecule has 0 bridgehead atoms. The molecule has 0 heterocycles. The fourth-order valence-electron chi connectivity index (χ4n) is 0.571. The summed E-state index contributed by atoms with van der Waals surface area (Å²) in [6.45, 7) is 2.52. The maximum absolute atomic E-state index is 8.16. The van der Waals surface area contributed by atoms with Crippen molar-refractivity contribution in [2.24, 2.45) is 10.7 Å². The zero-order chi connectivity index (χ0) is 7.82. The first-order valence-electron chi connectivity index (χ1n) is 3.41. The van der Waals surface area contributed by atoms with Crippen LogP contribution in [0.3, 0.4) is 0 Å². The average molecular weight is 267 g/mol. The maximum atomic E-state index is 8.16. The van der Waals surface area contributed by atoms with Crippen molar-refractivity contribution in [3.63, 3.8) is 0 Å². The van der Waals surface area contributed by atoms with Gasteiger partial charge in [0.2, 0.25) is 0 Å². The molecule has 0 amide bonds. The van der Waals surface area contributed by atoms with E-state index in [1.54, 1.807) is 6.92 Å². The van der Waals surface area contributed by atoms with Gasteiger partial charge in [-0.05, 0) is 19.8 Å². The number of hydrogen-bond donors (Lipinski definition) is 1. The van der Waals surface area contributed by atoms with Crippen LogP contribution in [0.15, 0.2) is 4.99 Å². The van der Waals surface area contributed by atoms with Crippen LogP contribution in [0, 0.1) is 11.3 Å². The lowest BCUT2D eigenvalue weighted by Crippen LogP contribution is -2.05. The van der Waals surface area contributed by atoms with Gasteiger partial charge in [0.15, 0.2) is 0 Å². The highest BCUT2D eigenvalue weighted by Gasteiger charge is 1.84. The minimum Gasteiger partial charge on any atom is -0.388 e. The van der Waals surface area contributed by atoms with E-state index in [-0.39, 0.29) is 24.0 Å². The van der Waals surface area contributed by atoms with Crippen LogP contribution in [-0.2, 0) is 0 Å². The van der Waals surface area contributed by atoms with Gasteiger partial charge in [0.05, 0.1) is 11.9 Å². The van der Waals surface area contributed by atoms with Crippen LogP contribution in [-0.4, -0.2) is 12.4 Å². The number of unbranched alkanes of at least 4 members (excludes halogenated alkanes) is 2. The Morgan fingerprint density at radius 1 is 1.55 bits per heavy atom. The van der Waals surface area contributed by atoms with Crippen LogP contribution in [0.5, 0.6) is 0 Å². The van der Waals surface area contributed by atoms with Crippen molar-refractivity contribution >= 4 is 29.8 Å². The summed E-state index contributed by atoms with van der Waals surface area (Å²) in [4.78, 5) is 3.98. The highest BCUT2D eigenvalue weighted by Crippen LogP contribution is 1.93. The van der Waals surface area contributed by atoms with Gasteiger partial charge in [-0.1, -0.05) is 0 Å². The van der Waals surface area contributed by atoms with E-state index in [9.17, 15) is 0 Å². The zero-order valence-corrected chi connectivity index (χ0v) is 9.04. The molecule has 0 atom stereocenters. The molecular formula is C7H14IN3. The lowest BCUT2D eigenvalue weighted by Gasteiger charge is -1.91. The Balaban J connectivity index is 0. The molecule has 3 nitrogen and oxygen atoms in total. The molecule has 64 valence electrons. The summed E-state index contributed by atoms with van der Waals surface area (Å²) in [7, 11) is 0. The predicted octanol–water partition coefficient (Wildman–Crippen LogP) is 1.68. The molecule has 0 aromatic rings. The SMILES string of the molecule is CC(N)=NCCCCC#N.I. The van der Waals surface area contributed by atoms with E-state index < -0.39 is 0 Å². The van der Waals surface area contributed by atoms with E-state index in [1.807, 2.05) is 0 Å². The summed E-state index contributed by atoms with van der Waals surface area (Å²) in [5.41, 5.74) is 5.29. The molecule has 0 spiro atoms. The van der Waals surface area contributed by atoms with Crippen molar-refractivity contribution in [1.82, 2.24) is 0 Å². The molecule has 0 radical (unpaired) electrons. The Bertz CT molecular complexity index is 144. The van der Waals surface area contributed by atoms with E-state index in [1.165, 1.54) is 0 Å². The Morgan fingerprint density at radius 2 is 2.18 bits per heavy atom. The van der Waals surface area contributed by atoms with Gasteiger partial charge in [-0.25, -0.2) is 0 Å². The molecule has 0 aliphatic heterocycles. The van der Waals surface area contributed by atoms with Crippen LogP contribution in [0.2, 0.25) is 0 Å². The van der Waals surface area contributed by atoms with Crippen LogP contribution in [0.1, 0.15) is 26.2 Å². The monoisotopic (exact) mass is 267 g/mol. The van der Waals surface area contributed by atoms with Gasteiger partial charge in [-0.3, -0.25) is 4.99 Å². The van der Waals surface area contributed by atoms with Crippen LogP contribution in [0.4, 0.5) is 0 Å². The topological polar surface area (TPSA) is 62.2 Å². The van der Waals surface area contributed by atoms with Gasteiger partial charge in [0.25, 0.3) is 0 Å².